The topological polar surface area (TPSA) is 97.4 Å². The quantitative estimate of drug-likeness (QED) is 0.347. The Labute approximate surface area is 193 Å². The number of hydrogen-bond donors (Lipinski definition) is 2. The number of carbonyl (C=O) groups excluding carboxylic acids is 1. The number of methoxy groups -OCH3 is 1. The molecule has 0 bridgehead atoms. The van der Waals surface area contributed by atoms with Gasteiger partial charge in [0, 0.05) is 11.4 Å². The first-order valence-electron chi connectivity index (χ1n) is 9.48. The van der Waals surface area contributed by atoms with Crippen molar-refractivity contribution in [3.8, 4) is 5.75 Å². The number of nitrogens with one attached hydrogen (secondary N) is 2. The molecular formula is C22H19N3O4S3. The number of benzene rings is 3. The number of ether oxygens (including phenoxy) is 1. The van der Waals surface area contributed by atoms with Gasteiger partial charge < -0.3 is 10.1 Å². The van der Waals surface area contributed by atoms with Gasteiger partial charge in [-0.05, 0) is 60.7 Å². The van der Waals surface area contributed by atoms with Crippen LogP contribution >= 0.6 is 23.1 Å². The lowest BCUT2D eigenvalue weighted by Gasteiger charge is -2.10. The number of amides is 1. The minimum absolute atomic E-state index is 0.0927. The second-order valence-corrected chi connectivity index (χ2v) is 10.6. The van der Waals surface area contributed by atoms with Crippen LogP contribution in [0.4, 0.5) is 11.4 Å². The highest BCUT2D eigenvalue weighted by Crippen LogP contribution is 2.29. The van der Waals surface area contributed by atoms with E-state index in [2.05, 4.69) is 15.0 Å². The van der Waals surface area contributed by atoms with E-state index in [0.29, 0.717) is 17.1 Å². The first kappa shape index (κ1) is 22.1. The van der Waals surface area contributed by atoms with Gasteiger partial charge in [0.25, 0.3) is 10.0 Å². The number of para-hydroxylation sites is 1. The lowest BCUT2D eigenvalue weighted by Crippen LogP contribution is -2.15. The van der Waals surface area contributed by atoms with Crippen LogP contribution in [0.25, 0.3) is 10.2 Å². The van der Waals surface area contributed by atoms with E-state index in [-0.39, 0.29) is 16.6 Å². The minimum Gasteiger partial charge on any atom is -0.497 e. The molecule has 0 fully saturated rings. The van der Waals surface area contributed by atoms with Crippen LogP contribution in [0.1, 0.15) is 0 Å². The average molecular weight is 486 g/mol. The third-order valence-electron chi connectivity index (χ3n) is 4.39. The van der Waals surface area contributed by atoms with E-state index in [1.807, 2.05) is 24.3 Å². The molecule has 0 saturated heterocycles. The van der Waals surface area contributed by atoms with Crippen molar-refractivity contribution in [3.63, 3.8) is 0 Å². The molecule has 0 radical (unpaired) electrons. The summed E-state index contributed by atoms with van der Waals surface area (Å²) in [6, 6.07) is 20.4. The summed E-state index contributed by atoms with van der Waals surface area (Å²) in [7, 11) is -2.21. The van der Waals surface area contributed by atoms with Crippen LogP contribution in [0.3, 0.4) is 0 Å². The third-order valence-corrected chi connectivity index (χ3v) is 7.97. The summed E-state index contributed by atoms with van der Waals surface area (Å²) in [5.74, 6) is 0.648. The fourth-order valence-corrected chi connectivity index (χ4v) is 5.75. The molecular weight excluding hydrogens is 466 g/mol. The van der Waals surface area contributed by atoms with Gasteiger partial charge in [0.2, 0.25) is 5.91 Å². The highest BCUT2D eigenvalue weighted by Gasteiger charge is 2.15. The Balaban J connectivity index is 1.34. The van der Waals surface area contributed by atoms with E-state index < -0.39 is 10.0 Å². The zero-order valence-corrected chi connectivity index (χ0v) is 19.4. The largest absolute Gasteiger partial charge is 0.497 e. The highest BCUT2D eigenvalue weighted by atomic mass is 32.2. The Bertz CT molecular complexity index is 1300. The first-order chi connectivity index (χ1) is 15.4. The molecule has 7 nitrogen and oxygen atoms in total. The van der Waals surface area contributed by atoms with Gasteiger partial charge in [-0.15, -0.1) is 11.3 Å². The van der Waals surface area contributed by atoms with Crippen LogP contribution in [0.2, 0.25) is 0 Å². The number of anilines is 2. The summed E-state index contributed by atoms with van der Waals surface area (Å²) in [5, 5.41) is 2.77. The highest BCUT2D eigenvalue weighted by molar-refractivity contribution is 8.01. The van der Waals surface area contributed by atoms with E-state index in [1.165, 1.54) is 23.9 Å². The molecule has 0 aliphatic heterocycles. The SMILES string of the molecule is COc1ccc(NS(=O)(=O)c2ccc(NC(=O)CSc3nc4ccccc4s3)cc2)cc1. The molecule has 0 atom stereocenters. The van der Waals surface area contributed by atoms with Gasteiger partial charge in [-0.2, -0.15) is 0 Å². The van der Waals surface area contributed by atoms with Gasteiger partial charge in [0.05, 0.1) is 28.0 Å². The minimum atomic E-state index is -3.75. The maximum atomic E-state index is 12.6. The summed E-state index contributed by atoms with van der Waals surface area (Å²) < 4.78 is 34.7. The zero-order valence-electron chi connectivity index (χ0n) is 16.9. The van der Waals surface area contributed by atoms with Gasteiger partial charge in [-0.25, -0.2) is 13.4 Å². The molecule has 0 saturated carbocycles. The molecule has 1 aromatic heterocycles. The third kappa shape index (κ3) is 5.39. The summed E-state index contributed by atoms with van der Waals surface area (Å²) >= 11 is 2.91. The van der Waals surface area contributed by atoms with Gasteiger partial charge >= 0.3 is 0 Å². The van der Waals surface area contributed by atoms with Crippen molar-refractivity contribution in [1.29, 1.82) is 0 Å². The number of sulfonamides is 1. The molecule has 4 rings (SSSR count). The Morgan fingerprint density at radius 2 is 1.69 bits per heavy atom. The average Bonchev–Trinajstić information content (AvgIpc) is 3.21. The molecule has 4 aromatic rings. The van der Waals surface area contributed by atoms with Crippen LogP contribution in [-0.2, 0) is 14.8 Å². The van der Waals surface area contributed by atoms with E-state index in [0.717, 1.165) is 14.6 Å². The molecule has 10 heteroatoms. The maximum absolute atomic E-state index is 12.6. The Morgan fingerprint density at radius 1 is 1.00 bits per heavy atom. The molecule has 0 spiro atoms. The van der Waals surface area contributed by atoms with E-state index in [1.54, 1.807) is 54.8 Å². The van der Waals surface area contributed by atoms with Gasteiger partial charge in [-0.3, -0.25) is 9.52 Å². The predicted molar refractivity (Wildman–Crippen MR) is 129 cm³/mol. The molecule has 3 aromatic carbocycles. The fraction of sp³-hybridized carbons (Fsp3) is 0.0909. The molecule has 2 N–H and O–H groups in total. The van der Waals surface area contributed by atoms with Crippen LogP contribution in [0.5, 0.6) is 5.75 Å². The molecule has 0 unspecified atom stereocenters. The maximum Gasteiger partial charge on any atom is 0.261 e. The summed E-state index contributed by atoms with van der Waals surface area (Å²) in [6.45, 7) is 0. The molecule has 0 aliphatic carbocycles. The fourth-order valence-electron chi connectivity index (χ4n) is 2.83. The van der Waals surface area contributed by atoms with Gasteiger partial charge in [-0.1, -0.05) is 23.9 Å². The van der Waals surface area contributed by atoms with Crippen molar-refractivity contribution >= 4 is 60.6 Å². The number of hydrogen-bond acceptors (Lipinski definition) is 7. The van der Waals surface area contributed by atoms with E-state index >= 15 is 0 Å². The number of aromatic nitrogens is 1. The standard InChI is InChI=1S/C22H19N3O4S3/c1-29-17-10-6-16(7-11-17)25-32(27,28)18-12-8-15(9-13-18)23-21(26)14-30-22-24-19-4-2-3-5-20(19)31-22/h2-13,25H,14H2,1H3,(H,23,26). The predicted octanol–water partition coefficient (Wildman–Crippen LogP) is 4.84. The summed E-state index contributed by atoms with van der Waals surface area (Å²) in [4.78, 5) is 16.9. The van der Waals surface area contributed by atoms with Crippen molar-refractivity contribution in [2.75, 3.05) is 22.9 Å². The number of thiazole rings is 1. The van der Waals surface area contributed by atoms with Crippen molar-refractivity contribution in [1.82, 2.24) is 4.98 Å². The molecule has 0 aliphatic rings. The van der Waals surface area contributed by atoms with Crippen LogP contribution in [0, 0.1) is 0 Å². The lowest BCUT2D eigenvalue weighted by molar-refractivity contribution is -0.113. The summed E-state index contributed by atoms with van der Waals surface area (Å²) in [6.07, 6.45) is 0. The van der Waals surface area contributed by atoms with Crippen LogP contribution < -0.4 is 14.8 Å². The molecule has 32 heavy (non-hydrogen) atoms. The monoisotopic (exact) mass is 485 g/mol. The number of thioether (sulfide) groups is 1. The van der Waals surface area contributed by atoms with Gasteiger partial charge in [0.1, 0.15) is 5.75 Å². The van der Waals surface area contributed by atoms with Crippen molar-refractivity contribution in [2.45, 2.75) is 9.24 Å². The number of rotatable bonds is 8. The molecule has 1 amide bonds. The number of nitrogens with zero attached hydrogens (tertiary/aromatic N) is 1. The van der Waals surface area contributed by atoms with Crippen LogP contribution in [-0.4, -0.2) is 32.2 Å². The summed E-state index contributed by atoms with van der Waals surface area (Å²) in [5.41, 5.74) is 1.86. The lowest BCUT2D eigenvalue weighted by atomic mass is 10.3. The van der Waals surface area contributed by atoms with E-state index in [9.17, 15) is 13.2 Å². The van der Waals surface area contributed by atoms with Gasteiger partial charge in [0.15, 0.2) is 4.34 Å². The Hall–Kier alpha value is -3.08. The zero-order chi connectivity index (χ0) is 22.6. The molecule has 1 heterocycles. The van der Waals surface area contributed by atoms with Crippen molar-refractivity contribution < 1.29 is 17.9 Å². The molecule has 164 valence electrons. The second-order valence-electron chi connectivity index (χ2n) is 6.64. The number of fused-ring (bicyclic) bond motifs is 1. The normalized spacial score (nSPS) is 11.3. The van der Waals surface area contributed by atoms with Crippen LogP contribution in [0.15, 0.2) is 82.0 Å². The Morgan fingerprint density at radius 3 is 2.38 bits per heavy atom. The Kier molecular flexibility index (Phi) is 6.63. The second kappa shape index (κ2) is 9.60. The number of carbonyl (C=O) groups is 1. The first-order valence-corrected chi connectivity index (χ1v) is 12.8. The smallest absolute Gasteiger partial charge is 0.261 e. The van der Waals surface area contributed by atoms with E-state index in [4.69, 9.17) is 4.74 Å². The van der Waals surface area contributed by atoms with Crippen molar-refractivity contribution in [3.05, 3.63) is 72.8 Å². The van der Waals surface area contributed by atoms with Crippen molar-refractivity contribution in [2.24, 2.45) is 0 Å².